The van der Waals surface area contributed by atoms with Crippen LogP contribution in [-0.2, 0) is 4.79 Å². The predicted molar refractivity (Wildman–Crippen MR) is 111 cm³/mol. The first-order valence-electron chi connectivity index (χ1n) is 9.94. The SMILES string of the molecule is CC[C@H]1CN2CC[C@H]1C[C@@H]2[C@@H](SC(C)=O)c1ccnc2ccc(OC)cc12. The highest BCUT2D eigenvalue weighted by Crippen LogP contribution is 2.47. The fourth-order valence-corrected chi connectivity index (χ4v) is 6.14. The zero-order valence-corrected chi connectivity index (χ0v) is 17.2. The van der Waals surface area contributed by atoms with Crippen LogP contribution in [0, 0.1) is 11.8 Å². The van der Waals surface area contributed by atoms with E-state index in [1.165, 1.54) is 43.1 Å². The number of benzene rings is 1. The number of hydrogen-bond donors (Lipinski definition) is 0. The van der Waals surface area contributed by atoms with Crippen molar-refractivity contribution in [2.24, 2.45) is 11.8 Å². The monoisotopic (exact) mass is 384 g/mol. The number of ether oxygens (including phenoxy) is 1. The van der Waals surface area contributed by atoms with Gasteiger partial charge in [0.1, 0.15) is 5.75 Å². The summed E-state index contributed by atoms with van der Waals surface area (Å²) in [6.07, 6.45) is 5.63. The Kier molecular flexibility index (Phi) is 5.42. The van der Waals surface area contributed by atoms with Crippen molar-refractivity contribution in [3.63, 3.8) is 0 Å². The van der Waals surface area contributed by atoms with E-state index in [0.717, 1.165) is 35.0 Å². The van der Waals surface area contributed by atoms with Crippen molar-refractivity contribution in [3.8, 4) is 5.75 Å². The molecule has 1 unspecified atom stereocenters. The predicted octanol–water partition coefficient (Wildman–Crippen LogP) is 4.68. The molecule has 2 aromatic rings. The summed E-state index contributed by atoms with van der Waals surface area (Å²) in [5, 5.41) is 1.42. The second-order valence-corrected chi connectivity index (χ2v) is 9.15. The third kappa shape index (κ3) is 3.59. The number of thioether (sulfide) groups is 1. The number of piperidine rings is 3. The van der Waals surface area contributed by atoms with Gasteiger partial charge in [0.25, 0.3) is 0 Å². The first-order valence-corrected chi connectivity index (χ1v) is 10.8. The highest BCUT2D eigenvalue weighted by atomic mass is 32.2. The summed E-state index contributed by atoms with van der Waals surface area (Å²) in [6.45, 7) is 6.33. The van der Waals surface area contributed by atoms with Gasteiger partial charge in [-0.1, -0.05) is 25.1 Å². The number of nitrogens with zero attached hydrogens (tertiary/aromatic N) is 2. The molecule has 4 heterocycles. The normalized spacial score (nSPS) is 28.3. The maximum atomic E-state index is 12.2. The second-order valence-electron chi connectivity index (χ2n) is 7.83. The number of hydrogen-bond acceptors (Lipinski definition) is 5. The van der Waals surface area contributed by atoms with Crippen molar-refractivity contribution >= 4 is 27.8 Å². The molecule has 3 aliphatic heterocycles. The second kappa shape index (κ2) is 7.80. The van der Waals surface area contributed by atoms with Crippen LogP contribution in [0.5, 0.6) is 5.75 Å². The Balaban J connectivity index is 1.75. The average molecular weight is 385 g/mol. The van der Waals surface area contributed by atoms with Crippen LogP contribution in [0.1, 0.15) is 43.9 Å². The minimum atomic E-state index is 0.140. The lowest BCUT2D eigenvalue weighted by molar-refractivity contribution is -0.109. The van der Waals surface area contributed by atoms with Crippen LogP contribution in [0.25, 0.3) is 10.9 Å². The van der Waals surface area contributed by atoms with E-state index in [1.54, 1.807) is 14.0 Å². The maximum Gasteiger partial charge on any atom is 0.186 e. The van der Waals surface area contributed by atoms with Gasteiger partial charge in [0, 0.05) is 31.1 Å². The van der Waals surface area contributed by atoms with E-state index < -0.39 is 0 Å². The number of carbonyl (C=O) groups is 1. The molecule has 3 saturated heterocycles. The van der Waals surface area contributed by atoms with Gasteiger partial charge in [0.15, 0.2) is 5.12 Å². The van der Waals surface area contributed by atoms with E-state index in [4.69, 9.17) is 4.74 Å². The molecule has 27 heavy (non-hydrogen) atoms. The Morgan fingerprint density at radius 2 is 2.26 bits per heavy atom. The summed E-state index contributed by atoms with van der Waals surface area (Å²) < 4.78 is 5.45. The molecular weight excluding hydrogens is 356 g/mol. The summed E-state index contributed by atoms with van der Waals surface area (Å²) in [5.74, 6) is 2.44. The molecule has 0 amide bonds. The minimum Gasteiger partial charge on any atom is -0.497 e. The summed E-state index contributed by atoms with van der Waals surface area (Å²) >= 11 is 1.49. The van der Waals surface area contributed by atoms with Gasteiger partial charge < -0.3 is 4.74 Å². The van der Waals surface area contributed by atoms with E-state index in [9.17, 15) is 4.79 Å². The van der Waals surface area contributed by atoms with Gasteiger partial charge >= 0.3 is 0 Å². The van der Waals surface area contributed by atoms with Crippen LogP contribution in [0.3, 0.4) is 0 Å². The van der Waals surface area contributed by atoms with Crippen molar-refractivity contribution in [2.75, 3.05) is 20.2 Å². The summed E-state index contributed by atoms with van der Waals surface area (Å²) in [5.41, 5.74) is 2.18. The van der Waals surface area contributed by atoms with Gasteiger partial charge in [-0.2, -0.15) is 0 Å². The molecule has 1 aromatic heterocycles. The van der Waals surface area contributed by atoms with E-state index in [-0.39, 0.29) is 10.4 Å². The Bertz CT molecular complexity index is 840. The molecular formula is C22H28N2O2S. The van der Waals surface area contributed by atoms with Crippen LogP contribution in [-0.4, -0.2) is 41.2 Å². The van der Waals surface area contributed by atoms with E-state index in [2.05, 4.69) is 28.9 Å². The molecule has 0 saturated carbocycles. The van der Waals surface area contributed by atoms with E-state index >= 15 is 0 Å². The van der Waals surface area contributed by atoms with Crippen molar-refractivity contribution in [3.05, 3.63) is 36.0 Å². The van der Waals surface area contributed by atoms with Gasteiger partial charge in [-0.05, 0) is 61.1 Å². The minimum absolute atomic E-state index is 0.140. The van der Waals surface area contributed by atoms with E-state index in [0.29, 0.717) is 6.04 Å². The smallest absolute Gasteiger partial charge is 0.186 e. The zero-order valence-electron chi connectivity index (χ0n) is 16.4. The lowest BCUT2D eigenvalue weighted by Gasteiger charge is -2.52. The molecule has 5 rings (SSSR count). The molecule has 5 heteroatoms. The largest absolute Gasteiger partial charge is 0.497 e. The van der Waals surface area contributed by atoms with Crippen LogP contribution >= 0.6 is 11.8 Å². The quantitative estimate of drug-likeness (QED) is 0.748. The number of fused-ring (bicyclic) bond motifs is 4. The fraction of sp³-hybridized carbons (Fsp3) is 0.545. The van der Waals surface area contributed by atoms with Crippen molar-refractivity contribution in [1.82, 2.24) is 9.88 Å². The molecule has 0 N–H and O–H groups in total. The van der Waals surface area contributed by atoms with Gasteiger partial charge in [-0.3, -0.25) is 14.7 Å². The topological polar surface area (TPSA) is 42.4 Å². The van der Waals surface area contributed by atoms with Gasteiger partial charge in [-0.15, -0.1) is 0 Å². The van der Waals surface area contributed by atoms with E-state index in [1.807, 2.05) is 18.3 Å². The van der Waals surface area contributed by atoms with Crippen LogP contribution < -0.4 is 4.74 Å². The number of rotatable bonds is 5. The molecule has 144 valence electrons. The zero-order chi connectivity index (χ0) is 19.0. The molecule has 0 radical (unpaired) electrons. The number of pyridine rings is 1. The van der Waals surface area contributed by atoms with Crippen LogP contribution in [0.2, 0.25) is 0 Å². The Hall–Kier alpha value is -1.59. The van der Waals surface area contributed by atoms with Gasteiger partial charge in [0.2, 0.25) is 0 Å². The van der Waals surface area contributed by atoms with Crippen LogP contribution in [0.15, 0.2) is 30.5 Å². The Morgan fingerprint density at radius 1 is 1.41 bits per heavy atom. The molecule has 1 aromatic carbocycles. The fourth-order valence-electron chi connectivity index (χ4n) is 5.01. The average Bonchev–Trinajstić information content (AvgIpc) is 2.71. The third-order valence-electron chi connectivity index (χ3n) is 6.39. The van der Waals surface area contributed by atoms with Crippen molar-refractivity contribution in [1.29, 1.82) is 0 Å². The highest BCUT2D eigenvalue weighted by Gasteiger charge is 2.43. The number of aromatic nitrogens is 1. The molecule has 0 aliphatic carbocycles. The lowest BCUT2D eigenvalue weighted by Crippen LogP contribution is -2.54. The maximum absolute atomic E-state index is 12.2. The summed E-state index contributed by atoms with van der Waals surface area (Å²) in [4.78, 5) is 19.3. The first kappa shape index (κ1) is 18.8. The van der Waals surface area contributed by atoms with Crippen LogP contribution in [0.4, 0.5) is 0 Å². The first-order chi connectivity index (χ1) is 13.1. The molecule has 0 spiro atoms. The Labute approximate surface area is 165 Å². The van der Waals surface area contributed by atoms with Gasteiger partial charge in [0.05, 0.1) is 17.9 Å². The Morgan fingerprint density at radius 3 is 2.93 bits per heavy atom. The molecule has 4 nitrogen and oxygen atoms in total. The standard InChI is InChI=1S/C22H28N2O2S/c1-4-15-13-24-10-8-16(15)11-21(24)22(27-14(2)25)18-7-9-23-20-6-5-17(26-3)12-19(18)20/h5-7,9,12,15-16,21-22H,4,8,10-11,13H2,1-3H3/t15-,16-,21+,22-/m0/s1. The molecule has 2 bridgehead atoms. The third-order valence-corrected chi connectivity index (χ3v) is 7.55. The number of carbonyl (C=O) groups excluding carboxylic acids is 1. The molecule has 3 fully saturated rings. The summed E-state index contributed by atoms with van der Waals surface area (Å²) in [6, 6.07) is 8.54. The number of methoxy groups -OCH3 is 1. The molecule has 5 atom stereocenters. The summed E-state index contributed by atoms with van der Waals surface area (Å²) in [7, 11) is 1.69. The van der Waals surface area contributed by atoms with Crippen molar-refractivity contribution < 1.29 is 9.53 Å². The lowest BCUT2D eigenvalue weighted by atomic mass is 9.73. The van der Waals surface area contributed by atoms with Crippen molar-refractivity contribution in [2.45, 2.75) is 44.4 Å². The highest BCUT2D eigenvalue weighted by molar-refractivity contribution is 8.13. The molecule has 3 aliphatic rings. The van der Waals surface area contributed by atoms with Gasteiger partial charge in [-0.25, -0.2) is 0 Å².